The molecule has 0 bridgehead atoms. The number of rotatable bonds is 3. The summed E-state index contributed by atoms with van der Waals surface area (Å²) in [5.41, 5.74) is 2.17. The second-order valence-corrected chi connectivity index (χ2v) is 5.56. The zero-order valence-corrected chi connectivity index (χ0v) is 12.4. The van der Waals surface area contributed by atoms with Gasteiger partial charge in [0.25, 0.3) is 11.7 Å². The molecule has 1 amide bonds. The smallest absolute Gasteiger partial charge is 0.299 e. The van der Waals surface area contributed by atoms with Crippen LogP contribution in [-0.4, -0.2) is 28.0 Å². The third-order valence-corrected chi connectivity index (χ3v) is 3.94. The van der Waals surface area contributed by atoms with Gasteiger partial charge in [-0.2, -0.15) is 5.10 Å². The van der Waals surface area contributed by atoms with E-state index in [-0.39, 0.29) is 0 Å². The highest BCUT2D eigenvalue weighted by molar-refractivity contribution is 9.10. The van der Waals surface area contributed by atoms with E-state index in [1.54, 1.807) is 29.1 Å². The van der Waals surface area contributed by atoms with Gasteiger partial charge in [-0.3, -0.25) is 14.3 Å². The van der Waals surface area contributed by atoms with Gasteiger partial charge in [0.2, 0.25) is 0 Å². The topological polar surface area (TPSA) is 55.2 Å². The zero-order chi connectivity index (χ0) is 14.3. The van der Waals surface area contributed by atoms with Crippen molar-refractivity contribution in [1.82, 2.24) is 9.78 Å². The molecule has 5 nitrogen and oxygen atoms in total. The highest BCUT2D eigenvalue weighted by atomic mass is 79.9. The maximum atomic E-state index is 12.1. The summed E-state index contributed by atoms with van der Waals surface area (Å²) >= 11 is 3.37. The summed E-state index contributed by atoms with van der Waals surface area (Å²) in [6, 6.07) is 7.17. The van der Waals surface area contributed by atoms with Gasteiger partial charge < -0.3 is 4.90 Å². The first-order valence-corrected chi connectivity index (χ1v) is 7.00. The van der Waals surface area contributed by atoms with E-state index in [2.05, 4.69) is 21.0 Å². The van der Waals surface area contributed by atoms with Gasteiger partial charge in [0, 0.05) is 36.4 Å². The molecule has 102 valence electrons. The Labute approximate surface area is 124 Å². The summed E-state index contributed by atoms with van der Waals surface area (Å²) < 4.78 is 2.62. The third-order valence-electron chi connectivity index (χ3n) is 3.45. The van der Waals surface area contributed by atoms with Gasteiger partial charge in [0.05, 0.1) is 11.3 Å². The van der Waals surface area contributed by atoms with E-state index in [0.717, 1.165) is 10.2 Å². The van der Waals surface area contributed by atoms with Crippen LogP contribution < -0.4 is 4.90 Å². The number of Topliss-reactive ketones (excluding diaryl/α,β-unsaturated/α-hetero) is 1. The molecule has 0 N–H and O–H groups in total. The van der Waals surface area contributed by atoms with Crippen molar-refractivity contribution in [3.63, 3.8) is 0 Å². The molecule has 1 aliphatic rings. The van der Waals surface area contributed by atoms with E-state index in [0.29, 0.717) is 24.2 Å². The van der Waals surface area contributed by atoms with Crippen molar-refractivity contribution < 1.29 is 9.59 Å². The molecule has 6 heteroatoms. The van der Waals surface area contributed by atoms with Crippen LogP contribution in [0.15, 0.2) is 34.9 Å². The largest absolute Gasteiger partial charge is 0.304 e. The number of carbonyl (C=O) groups excluding carboxylic acids is 2. The first-order chi connectivity index (χ1) is 9.58. The monoisotopic (exact) mass is 333 g/mol. The molecule has 0 unspecified atom stereocenters. The number of aromatic nitrogens is 2. The van der Waals surface area contributed by atoms with E-state index in [4.69, 9.17) is 0 Å². The first kappa shape index (κ1) is 13.1. The number of ketones is 1. The Morgan fingerprint density at radius 2 is 2.05 bits per heavy atom. The van der Waals surface area contributed by atoms with Crippen LogP contribution in [0.4, 0.5) is 5.69 Å². The lowest BCUT2D eigenvalue weighted by Crippen LogP contribution is -2.32. The molecule has 0 saturated carbocycles. The molecular weight excluding hydrogens is 322 g/mol. The minimum absolute atomic E-state index is 0.433. The van der Waals surface area contributed by atoms with Gasteiger partial charge in [0.1, 0.15) is 0 Å². The highest BCUT2D eigenvalue weighted by Gasteiger charge is 2.35. The second-order valence-electron chi connectivity index (χ2n) is 4.64. The first-order valence-electron chi connectivity index (χ1n) is 6.20. The van der Waals surface area contributed by atoms with E-state index in [9.17, 15) is 9.59 Å². The Balaban J connectivity index is 1.87. The summed E-state index contributed by atoms with van der Waals surface area (Å²) in [6.45, 7) is 0.466. The Morgan fingerprint density at radius 1 is 1.25 bits per heavy atom. The number of hydrogen-bond acceptors (Lipinski definition) is 3. The number of hydrogen-bond donors (Lipinski definition) is 0. The van der Waals surface area contributed by atoms with Crippen molar-refractivity contribution in [2.45, 2.75) is 6.42 Å². The predicted molar refractivity (Wildman–Crippen MR) is 77.7 cm³/mol. The maximum absolute atomic E-state index is 12.1. The van der Waals surface area contributed by atoms with Crippen LogP contribution in [0.3, 0.4) is 0 Å². The number of nitrogens with zero attached hydrogens (tertiary/aromatic N) is 3. The lowest BCUT2D eigenvalue weighted by Gasteiger charge is -2.16. The van der Waals surface area contributed by atoms with Crippen LogP contribution in [0.2, 0.25) is 0 Å². The molecule has 0 radical (unpaired) electrons. The van der Waals surface area contributed by atoms with Gasteiger partial charge in [-0.15, -0.1) is 0 Å². The van der Waals surface area contributed by atoms with Gasteiger partial charge >= 0.3 is 0 Å². The summed E-state index contributed by atoms with van der Waals surface area (Å²) in [5, 5.41) is 4.09. The van der Waals surface area contributed by atoms with Gasteiger partial charge in [0.15, 0.2) is 0 Å². The van der Waals surface area contributed by atoms with Crippen molar-refractivity contribution >= 4 is 33.3 Å². The lowest BCUT2D eigenvalue weighted by atomic mass is 10.1. The van der Waals surface area contributed by atoms with Crippen LogP contribution >= 0.6 is 15.9 Å². The van der Waals surface area contributed by atoms with E-state index < -0.39 is 11.7 Å². The van der Waals surface area contributed by atoms with E-state index in [1.807, 2.05) is 13.1 Å². The van der Waals surface area contributed by atoms with Crippen LogP contribution in [0.25, 0.3) is 0 Å². The Kier molecular flexibility index (Phi) is 3.17. The minimum atomic E-state index is -0.458. The fraction of sp³-hybridized carbons (Fsp3) is 0.214. The number of carbonyl (C=O) groups is 2. The number of anilines is 1. The van der Waals surface area contributed by atoms with E-state index in [1.165, 1.54) is 4.90 Å². The fourth-order valence-electron chi connectivity index (χ4n) is 2.36. The molecule has 3 rings (SSSR count). The number of fused-ring (bicyclic) bond motifs is 1. The maximum Gasteiger partial charge on any atom is 0.299 e. The molecule has 0 saturated heterocycles. The minimum Gasteiger partial charge on any atom is -0.304 e. The zero-order valence-electron chi connectivity index (χ0n) is 10.8. The molecule has 20 heavy (non-hydrogen) atoms. The van der Waals surface area contributed by atoms with Crippen LogP contribution in [0.1, 0.15) is 16.1 Å². The van der Waals surface area contributed by atoms with Gasteiger partial charge in [-0.1, -0.05) is 15.9 Å². The summed E-state index contributed by atoms with van der Waals surface area (Å²) in [4.78, 5) is 25.5. The molecule has 1 aromatic carbocycles. The summed E-state index contributed by atoms with van der Waals surface area (Å²) in [6.07, 6.45) is 2.37. The molecular formula is C14H12BrN3O2. The average Bonchev–Trinajstić information content (AvgIpc) is 2.92. The fourth-order valence-corrected chi connectivity index (χ4v) is 2.71. The number of halogens is 1. The predicted octanol–water partition coefficient (Wildman–Crippen LogP) is 1.95. The normalized spacial score (nSPS) is 14.0. The van der Waals surface area contributed by atoms with Crippen molar-refractivity contribution in [3.8, 4) is 0 Å². The Hall–Kier alpha value is -1.95. The molecule has 1 aliphatic heterocycles. The van der Waals surface area contributed by atoms with Gasteiger partial charge in [-0.05, 0) is 24.3 Å². The van der Waals surface area contributed by atoms with Crippen molar-refractivity contribution in [2.75, 3.05) is 11.4 Å². The highest BCUT2D eigenvalue weighted by Crippen LogP contribution is 2.31. The molecule has 0 atom stereocenters. The lowest BCUT2D eigenvalue weighted by molar-refractivity contribution is -0.114. The molecule has 0 spiro atoms. The van der Waals surface area contributed by atoms with Crippen LogP contribution in [0, 0.1) is 0 Å². The second kappa shape index (κ2) is 4.86. The Bertz CT molecular complexity index is 708. The average molecular weight is 334 g/mol. The van der Waals surface area contributed by atoms with E-state index >= 15 is 0 Å². The molecule has 1 aromatic heterocycles. The molecule has 0 fully saturated rings. The van der Waals surface area contributed by atoms with Crippen LogP contribution in [-0.2, 0) is 18.3 Å². The number of benzene rings is 1. The SMILES string of the molecule is Cn1nccc1CCN1C(=O)C(=O)c2ccc(Br)cc21. The third kappa shape index (κ3) is 2.06. The standard InChI is InChI=1S/C14H12BrN3O2/c1-17-10(4-6-16-17)5-7-18-12-8-9(15)2-3-11(12)13(19)14(18)20/h2-4,6,8H,5,7H2,1H3. The molecule has 2 aromatic rings. The van der Waals surface area contributed by atoms with Crippen molar-refractivity contribution in [1.29, 1.82) is 0 Å². The molecule has 2 heterocycles. The number of aryl methyl sites for hydroxylation is 1. The van der Waals surface area contributed by atoms with Crippen molar-refractivity contribution in [3.05, 3.63) is 46.2 Å². The summed E-state index contributed by atoms with van der Waals surface area (Å²) in [5.74, 6) is -0.891. The Morgan fingerprint density at radius 3 is 2.75 bits per heavy atom. The van der Waals surface area contributed by atoms with Gasteiger partial charge in [-0.25, -0.2) is 0 Å². The summed E-state index contributed by atoms with van der Waals surface area (Å²) in [7, 11) is 1.86. The quantitative estimate of drug-likeness (QED) is 0.807. The van der Waals surface area contributed by atoms with Crippen molar-refractivity contribution in [2.24, 2.45) is 7.05 Å². The molecule has 0 aliphatic carbocycles. The van der Waals surface area contributed by atoms with Crippen LogP contribution in [0.5, 0.6) is 0 Å². The number of amides is 1.